The molecule has 6 nitrogen and oxygen atoms in total. The molecule has 31 heavy (non-hydrogen) atoms. The van der Waals surface area contributed by atoms with E-state index >= 15 is 0 Å². The molecule has 1 heterocycles. The van der Waals surface area contributed by atoms with Crippen molar-refractivity contribution in [2.24, 2.45) is 5.73 Å². The predicted octanol–water partition coefficient (Wildman–Crippen LogP) is 4.13. The van der Waals surface area contributed by atoms with Crippen molar-refractivity contribution in [3.05, 3.63) is 102 Å². The van der Waals surface area contributed by atoms with Crippen molar-refractivity contribution >= 4 is 17.5 Å². The first-order chi connectivity index (χ1) is 15.0. The van der Waals surface area contributed by atoms with Gasteiger partial charge in [-0.3, -0.25) is 9.59 Å². The second-order valence-electron chi connectivity index (χ2n) is 7.33. The van der Waals surface area contributed by atoms with Gasteiger partial charge < -0.3 is 11.1 Å². The molecule has 3 N–H and O–H groups in total. The molecule has 0 aliphatic rings. The minimum Gasteiger partial charge on any atom is -0.369 e. The van der Waals surface area contributed by atoms with Crippen LogP contribution >= 0.6 is 0 Å². The summed E-state index contributed by atoms with van der Waals surface area (Å²) < 4.78 is 1.71. The van der Waals surface area contributed by atoms with Gasteiger partial charge in [0.25, 0.3) is 5.91 Å². The number of nitrogens with two attached hydrogens (primary N) is 1. The molecule has 0 saturated heterocycles. The van der Waals surface area contributed by atoms with E-state index in [1.54, 1.807) is 35.1 Å². The number of benzene rings is 3. The van der Waals surface area contributed by atoms with Crippen molar-refractivity contribution in [2.75, 3.05) is 5.32 Å². The van der Waals surface area contributed by atoms with E-state index < -0.39 is 5.91 Å². The summed E-state index contributed by atoms with van der Waals surface area (Å²) in [6.45, 7) is 2.02. The Morgan fingerprint density at radius 3 is 2.26 bits per heavy atom. The molecule has 6 heteroatoms. The molecule has 0 unspecified atom stereocenters. The standard InChI is InChI=1S/C25H22N4O2/c1-17-7-13-21(14-8-17)29-16-22(24(28-29)19-5-3-2-4-6-19)25(31)27-20-11-9-18(10-12-20)15-23(26)30/h2-14,16H,15H2,1H3,(H2,26,30)(H,27,31). The normalized spacial score (nSPS) is 10.6. The summed E-state index contributed by atoms with van der Waals surface area (Å²) in [4.78, 5) is 24.2. The van der Waals surface area contributed by atoms with E-state index in [9.17, 15) is 9.59 Å². The van der Waals surface area contributed by atoms with Gasteiger partial charge >= 0.3 is 0 Å². The third kappa shape index (κ3) is 4.70. The molecule has 4 rings (SSSR count). The molecule has 1 aromatic heterocycles. The van der Waals surface area contributed by atoms with Gasteiger partial charge in [0.05, 0.1) is 17.7 Å². The summed E-state index contributed by atoms with van der Waals surface area (Å²) >= 11 is 0. The smallest absolute Gasteiger partial charge is 0.259 e. The van der Waals surface area contributed by atoms with Gasteiger partial charge in [0, 0.05) is 17.4 Å². The molecular weight excluding hydrogens is 388 g/mol. The van der Waals surface area contributed by atoms with Crippen molar-refractivity contribution in [1.29, 1.82) is 0 Å². The monoisotopic (exact) mass is 410 g/mol. The molecule has 0 bridgehead atoms. The van der Waals surface area contributed by atoms with Crippen LogP contribution < -0.4 is 11.1 Å². The first-order valence-corrected chi connectivity index (χ1v) is 9.90. The Bertz CT molecular complexity index is 1210. The van der Waals surface area contributed by atoms with Crippen molar-refractivity contribution in [3.8, 4) is 16.9 Å². The maximum atomic E-state index is 13.1. The van der Waals surface area contributed by atoms with Gasteiger partial charge in [-0.05, 0) is 36.8 Å². The van der Waals surface area contributed by atoms with Crippen molar-refractivity contribution < 1.29 is 9.59 Å². The number of amides is 2. The summed E-state index contributed by atoms with van der Waals surface area (Å²) in [6, 6.07) is 24.6. The number of aromatic nitrogens is 2. The molecule has 0 saturated carbocycles. The lowest BCUT2D eigenvalue weighted by molar-refractivity contribution is -0.117. The molecule has 0 fully saturated rings. The third-order valence-electron chi connectivity index (χ3n) is 4.89. The highest BCUT2D eigenvalue weighted by Gasteiger charge is 2.19. The summed E-state index contributed by atoms with van der Waals surface area (Å²) in [6.07, 6.45) is 1.90. The lowest BCUT2D eigenvalue weighted by Gasteiger charge is -2.06. The van der Waals surface area contributed by atoms with E-state index in [2.05, 4.69) is 5.32 Å². The van der Waals surface area contributed by atoms with E-state index in [4.69, 9.17) is 10.8 Å². The Balaban J connectivity index is 1.66. The van der Waals surface area contributed by atoms with Crippen LogP contribution in [0.15, 0.2) is 85.1 Å². The Labute approximate surface area is 180 Å². The van der Waals surface area contributed by atoms with Crippen molar-refractivity contribution in [1.82, 2.24) is 9.78 Å². The minimum absolute atomic E-state index is 0.162. The second-order valence-corrected chi connectivity index (χ2v) is 7.33. The van der Waals surface area contributed by atoms with Gasteiger partial charge in [0.15, 0.2) is 0 Å². The Morgan fingerprint density at radius 2 is 1.61 bits per heavy atom. The van der Waals surface area contributed by atoms with E-state index in [0.717, 1.165) is 22.4 Å². The number of anilines is 1. The number of carbonyl (C=O) groups excluding carboxylic acids is 2. The summed E-state index contributed by atoms with van der Waals surface area (Å²) in [5.41, 5.74) is 10.6. The predicted molar refractivity (Wildman–Crippen MR) is 121 cm³/mol. The van der Waals surface area contributed by atoms with Crippen LogP contribution in [-0.4, -0.2) is 21.6 Å². The zero-order valence-corrected chi connectivity index (χ0v) is 17.1. The first kappa shape index (κ1) is 20.1. The van der Waals surface area contributed by atoms with Gasteiger partial charge in [-0.2, -0.15) is 5.10 Å². The summed E-state index contributed by atoms with van der Waals surface area (Å²) in [5, 5.41) is 7.61. The largest absolute Gasteiger partial charge is 0.369 e. The summed E-state index contributed by atoms with van der Waals surface area (Å²) in [7, 11) is 0. The molecule has 3 aromatic carbocycles. The van der Waals surface area contributed by atoms with Gasteiger partial charge in [-0.25, -0.2) is 4.68 Å². The van der Waals surface area contributed by atoms with E-state index in [-0.39, 0.29) is 12.3 Å². The van der Waals surface area contributed by atoms with E-state index in [1.165, 1.54) is 0 Å². The van der Waals surface area contributed by atoms with Gasteiger partial charge in [-0.1, -0.05) is 60.2 Å². The highest BCUT2D eigenvalue weighted by Crippen LogP contribution is 2.25. The Morgan fingerprint density at radius 1 is 0.935 bits per heavy atom. The molecule has 0 atom stereocenters. The fourth-order valence-electron chi connectivity index (χ4n) is 3.28. The quantitative estimate of drug-likeness (QED) is 0.501. The van der Waals surface area contributed by atoms with Crippen LogP contribution in [0.1, 0.15) is 21.5 Å². The maximum absolute atomic E-state index is 13.1. The topological polar surface area (TPSA) is 90.0 Å². The maximum Gasteiger partial charge on any atom is 0.259 e. The molecule has 4 aromatic rings. The number of carbonyl (C=O) groups is 2. The molecule has 154 valence electrons. The van der Waals surface area contributed by atoms with E-state index in [0.29, 0.717) is 16.9 Å². The van der Waals surface area contributed by atoms with Gasteiger partial charge in [0.2, 0.25) is 5.91 Å². The number of hydrogen-bond donors (Lipinski definition) is 2. The Kier molecular flexibility index (Phi) is 5.62. The molecule has 0 aliphatic heterocycles. The number of hydrogen-bond acceptors (Lipinski definition) is 3. The van der Waals surface area contributed by atoms with Crippen LogP contribution in [-0.2, 0) is 11.2 Å². The SMILES string of the molecule is Cc1ccc(-n2cc(C(=O)Nc3ccc(CC(N)=O)cc3)c(-c3ccccc3)n2)cc1. The van der Waals surface area contributed by atoms with Crippen LogP contribution in [0.4, 0.5) is 5.69 Å². The fraction of sp³-hybridized carbons (Fsp3) is 0.0800. The van der Waals surface area contributed by atoms with Crippen LogP contribution in [0.25, 0.3) is 16.9 Å². The lowest BCUT2D eigenvalue weighted by Crippen LogP contribution is -2.14. The third-order valence-corrected chi connectivity index (χ3v) is 4.89. The fourth-order valence-corrected chi connectivity index (χ4v) is 3.28. The molecular formula is C25H22N4O2. The van der Waals surface area contributed by atoms with Crippen LogP contribution in [0.2, 0.25) is 0 Å². The van der Waals surface area contributed by atoms with E-state index in [1.807, 2.05) is 61.5 Å². The number of rotatable bonds is 6. The lowest BCUT2D eigenvalue weighted by atomic mass is 10.1. The Hall–Kier alpha value is -4.19. The average Bonchev–Trinajstić information content (AvgIpc) is 3.21. The van der Waals surface area contributed by atoms with Crippen molar-refractivity contribution in [2.45, 2.75) is 13.3 Å². The number of primary amides is 1. The molecule has 0 spiro atoms. The zero-order chi connectivity index (χ0) is 21.8. The van der Waals surface area contributed by atoms with Crippen molar-refractivity contribution in [3.63, 3.8) is 0 Å². The van der Waals surface area contributed by atoms with Crippen LogP contribution in [0.5, 0.6) is 0 Å². The van der Waals surface area contributed by atoms with Crippen LogP contribution in [0.3, 0.4) is 0 Å². The highest BCUT2D eigenvalue weighted by atomic mass is 16.2. The highest BCUT2D eigenvalue weighted by molar-refractivity contribution is 6.08. The second kappa shape index (κ2) is 8.67. The van der Waals surface area contributed by atoms with Crippen LogP contribution in [0, 0.1) is 6.92 Å². The molecule has 2 amide bonds. The number of nitrogens with one attached hydrogen (secondary N) is 1. The molecule has 0 aliphatic carbocycles. The van der Waals surface area contributed by atoms with Gasteiger partial charge in [0.1, 0.15) is 5.69 Å². The minimum atomic E-state index is -0.396. The number of nitrogens with zero attached hydrogens (tertiary/aromatic N) is 2. The first-order valence-electron chi connectivity index (χ1n) is 9.90. The average molecular weight is 410 g/mol. The summed E-state index contributed by atoms with van der Waals surface area (Å²) in [5.74, 6) is -0.660. The molecule has 0 radical (unpaired) electrons. The van der Waals surface area contributed by atoms with Gasteiger partial charge in [-0.15, -0.1) is 0 Å². The number of aryl methyl sites for hydroxylation is 1. The zero-order valence-electron chi connectivity index (χ0n) is 17.1.